The maximum atomic E-state index is 14.0. The third kappa shape index (κ3) is 6.01. The van der Waals surface area contributed by atoms with Crippen molar-refractivity contribution in [1.29, 1.82) is 0 Å². The number of halogens is 1. The Kier molecular flexibility index (Phi) is 7.23. The summed E-state index contributed by atoms with van der Waals surface area (Å²) in [6.07, 6.45) is 1.03. The van der Waals surface area contributed by atoms with Crippen LogP contribution in [0, 0.1) is 5.82 Å². The molecule has 0 fully saturated rings. The lowest BCUT2D eigenvalue weighted by atomic mass is 10.2. The Morgan fingerprint density at radius 3 is 2.58 bits per heavy atom. The molecule has 24 heavy (non-hydrogen) atoms. The number of rotatable bonds is 9. The predicted molar refractivity (Wildman–Crippen MR) is 92.2 cm³/mol. The highest BCUT2D eigenvalue weighted by atomic mass is 19.1. The van der Waals surface area contributed by atoms with E-state index in [9.17, 15) is 9.18 Å². The van der Waals surface area contributed by atoms with Gasteiger partial charge in [-0.15, -0.1) is 0 Å². The summed E-state index contributed by atoms with van der Waals surface area (Å²) in [4.78, 5) is 11.8. The van der Waals surface area contributed by atoms with Gasteiger partial charge in [0, 0.05) is 13.1 Å². The molecule has 2 aromatic carbocycles. The number of carbonyl (C=O) groups excluding carboxylic acids is 1. The van der Waals surface area contributed by atoms with Crippen molar-refractivity contribution in [2.45, 2.75) is 26.4 Å². The molecule has 0 bridgehead atoms. The fraction of sp³-hybridized carbons (Fsp3) is 0.316. The van der Waals surface area contributed by atoms with Gasteiger partial charge >= 0.3 is 0 Å². The molecule has 0 heterocycles. The van der Waals surface area contributed by atoms with Crippen LogP contribution in [0.5, 0.6) is 5.75 Å². The van der Waals surface area contributed by atoms with Gasteiger partial charge in [-0.3, -0.25) is 4.79 Å². The largest absolute Gasteiger partial charge is 0.481 e. The Labute approximate surface area is 142 Å². The quantitative estimate of drug-likeness (QED) is 0.695. The van der Waals surface area contributed by atoms with Gasteiger partial charge in [0.15, 0.2) is 18.2 Å². The fourth-order valence-corrected chi connectivity index (χ4v) is 2.17. The van der Waals surface area contributed by atoms with Crippen LogP contribution in [0.1, 0.15) is 24.5 Å². The molecule has 0 aromatic heterocycles. The van der Waals surface area contributed by atoms with E-state index in [4.69, 9.17) is 4.74 Å². The molecule has 4 nitrogen and oxygen atoms in total. The highest BCUT2D eigenvalue weighted by molar-refractivity contribution is 5.77. The summed E-state index contributed by atoms with van der Waals surface area (Å²) in [5.41, 5.74) is 1.85. The van der Waals surface area contributed by atoms with E-state index in [1.54, 1.807) is 12.1 Å². The van der Waals surface area contributed by atoms with Crippen molar-refractivity contribution < 1.29 is 13.9 Å². The first-order valence-corrected chi connectivity index (χ1v) is 8.11. The summed E-state index contributed by atoms with van der Waals surface area (Å²) in [7, 11) is 0. The molecular formula is C19H23FN2O2. The first-order chi connectivity index (χ1) is 11.7. The van der Waals surface area contributed by atoms with Crippen LogP contribution in [0.15, 0.2) is 48.5 Å². The Hall–Kier alpha value is -2.40. The zero-order chi connectivity index (χ0) is 17.2. The van der Waals surface area contributed by atoms with Gasteiger partial charge in [-0.1, -0.05) is 43.3 Å². The maximum Gasteiger partial charge on any atom is 0.258 e. The number of benzene rings is 2. The minimum Gasteiger partial charge on any atom is -0.481 e. The molecule has 0 saturated carbocycles. The lowest BCUT2D eigenvalue weighted by Gasteiger charge is -2.10. The Bertz CT molecular complexity index is 647. The van der Waals surface area contributed by atoms with E-state index in [1.807, 2.05) is 30.3 Å². The maximum absolute atomic E-state index is 14.0. The summed E-state index contributed by atoms with van der Waals surface area (Å²) in [6, 6.07) is 14.4. The number of hydrogen-bond donors (Lipinski definition) is 2. The van der Waals surface area contributed by atoms with Crippen molar-refractivity contribution in [3.05, 3.63) is 65.5 Å². The number of ether oxygens (including phenoxy) is 1. The highest BCUT2D eigenvalue weighted by Gasteiger charge is 2.08. The summed E-state index contributed by atoms with van der Waals surface area (Å²) in [5.74, 6) is -0.655. The average molecular weight is 330 g/mol. The number of nitrogens with one attached hydrogen (secondary N) is 2. The van der Waals surface area contributed by atoms with Crippen LogP contribution in [0.2, 0.25) is 0 Å². The molecule has 0 spiro atoms. The van der Waals surface area contributed by atoms with Crippen LogP contribution < -0.4 is 15.4 Å². The summed E-state index contributed by atoms with van der Waals surface area (Å²) >= 11 is 0. The van der Waals surface area contributed by atoms with Crippen LogP contribution in [-0.4, -0.2) is 19.1 Å². The number of carbonyl (C=O) groups is 1. The molecule has 0 saturated heterocycles. The van der Waals surface area contributed by atoms with Crippen molar-refractivity contribution in [1.82, 2.24) is 10.6 Å². The van der Waals surface area contributed by atoms with Crippen molar-refractivity contribution in [3.63, 3.8) is 0 Å². The topological polar surface area (TPSA) is 50.4 Å². The third-order valence-electron chi connectivity index (χ3n) is 3.44. The molecule has 5 heteroatoms. The van der Waals surface area contributed by atoms with Crippen LogP contribution in [0.25, 0.3) is 0 Å². The second-order valence-electron chi connectivity index (χ2n) is 5.49. The lowest BCUT2D eigenvalue weighted by molar-refractivity contribution is -0.123. The van der Waals surface area contributed by atoms with Crippen LogP contribution in [-0.2, 0) is 17.9 Å². The van der Waals surface area contributed by atoms with E-state index in [2.05, 4.69) is 17.6 Å². The Balaban J connectivity index is 1.77. The fourth-order valence-electron chi connectivity index (χ4n) is 2.17. The molecule has 0 unspecified atom stereocenters. The first kappa shape index (κ1) is 17.9. The van der Waals surface area contributed by atoms with Gasteiger partial charge in [0.2, 0.25) is 0 Å². The van der Waals surface area contributed by atoms with Crippen LogP contribution in [0.3, 0.4) is 0 Å². The van der Waals surface area contributed by atoms with Gasteiger partial charge in [-0.25, -0.2) is 4.39 Å². The summed E-state index contributed by atoms with van der Waals surface area (Å²) in [5, 5.41) is 5.95. The molecular weight excluding hydrogens is 307 g/mol. The molecule has 2 aromatic rings. The van der Waals surface area contributed by atoms with E-state index in [1.165, 1.54) is 6.07 Å². The standard InChI is InChI=1S/C19H23FN2O2/c1-2-10-21-12-16-8-9-18(17(20)11-16)24-14-19(23)22-13-15-6-4-3-5-7-15/h3-9,11,21H,2,10,12-14H2,1H3,(H,22,23). The molecule has 0 aliphatic heterocycles. The average Bonchev–Trinajstić information content (AvgIpc) is 2.60. The molecule has 0 aliphatic carbocycles. The molecule has 1 amide bonds. The monoisotopic (exact) mass is 330 g/mol. The summed E-state index contributed by atoms with van der Waals surface area (Å²) < 4.78 is 19.2. The highest BCUT2D eigenvalue weighted by Crippen LogP contribution is 2.18. The molecule has 2 rings (SSSR count). The molecule has 0 radical (unpaired) electrons. The van der Waals surface area contributed by atoms with E-state index < -0.39 is 5.82 Å². The van der Waals surface area contributed by atoms with Crippen molar-refractivity contribution >= 4 is 5.91 Å². The smallest absolute Gasteiger partial charge is 0.258 e. The van der Waals surface area contributed by atoms with E-state index in [0.29, 0.717) is 13.1 Å². The Morgan fingerprint density at radius 2 is 1.88 bits per heavy atom. The first-order valence-electron chi connectivity index (χ1n) is 8.11. The minimum absolute atomic E-state index is 0.0871. The zero-order valence-corrected chi connectivity index (χ0v) is 13.8. The van der Waals surface area contributed by atoms with Crippen LogP contribution >= 0.6 is 0 Å². The van der Waals surface area contributed by atoms with Crippen molar-refractivity contribution in [2.75, 3.05) is 13.2 Å². The Morgan fingerprint density at radius 1 is 1.08 bits per heavy atom. The van der Waals surface area contributed by atoms with E-state index in [0.717, 1.165) is 24.1 Å². The van der Waals surface area contributed by atoms with E-state index in [-0.39, 0.29) is 18.3 Å². The van der Waals surface area contributed by atoms with Gasteiger partial charge in [0.05, 0.1) is 0 Å². The van der Waals surface area contributed by atoms with Gasteiger partial charge < -0.3 is 15.4 Å². The van der Waals surface area contributed by atoms with E-state index >= 15 is 0 Å². The zero-order valence-electron chi connectivity index (χ0n) is 13.8. The van der Waals surface area contributed by atoms with Gasteiger partial charge in [-0.2, -0.15) is 0 Å². The molecule has 0 aliphatic rings. The summed E-state index contributed by atoms with van der Waals surface area (Å²) in [6.45, 7) is 3.79. The van der Waals surface area contributed by atoms with Crippen molar-refractivity contribution in [3.8, 4) is 5.75 Å². The van der Waals surface area contributed by atoms with Gasteiger partial charge in [0.1, 0.15) is 0 Å². The lowest BCUT2D eigenvalue weighted by Crippen LogP contribution is -2.28. The van der Waals surface area contributed by atoms with Gasteiger partial charge in [0.25, 0.3) is 5.91 Å². The number of amides is 1. The molecule has 0 atom stereocenters. The second-order valence-corrected chi connectivity index (χ2v) is 5.49. The third-order valence-corrected chi connectivity index (χ3v) is 3.44. The minimum atomic E-state index is -0.457. The molecule has 2 N–H and O–H groups in total. The SMILES string of the molecule is CCCNCc1ccc(OCC(=O)NCc2ccccc2)c(F)c1. The van der Waals surface area contributed by atoms with Gasteiger partial charge in [-0.05, 0) is 36.2 Å². The second kappa shape index (κ2) is 9.67. The molecule has 128 valence electrons. The number of hydrogen-bond acceptors (Lipinski definition) is 3. The normalized spacial score (nSPS) is 10.4. The predicted octanol–water partition coefficient (Wildman–Crippen LogP) is 3.02. The van der Waals surface area contributed by atoms with Crippen LogP contribution in [0.4, 0.5) is 4.39 Å². The van der Waals surface area contributed by atoms with Crippen molar-refractivity contribution in [2.24, 2.45) is 0 Å².